The zero-order valence-electron chi connectivity index (χ0n) is 22.3. The Balaban J connectivity index is 2.02. The second kappa shape index (κ2) is 8.25. The maximum Gasteiger partial charge on any atom is 0.190 e. The number of phenolic OH excluding ortho intramolecular Hbond substituents is 1. The van der Waals surface area contributed by atoms with Gasteiger partial charge in [0.05, 0.1) is 17.0 Å². The van der Waals surface area contributed by atoms with Crippen LogP contribution in [-0.4, -0.2) is 51.0 Å². The average molecular weight is 511 g/mol. The van der Waals surface area contributed by atoms with Crippen LogP contribution in [0.25, 0.3) is 0 Å². The number of hydrogen-bond donors (Lipinski definition) is 2. The van der Waals surface area contributed by atoms with E-state index in [9.17, 15) is 39.0 Å². The molecule has 0 aromatic heterocycles. The third kappa shape index (κ3) is 3.24. The van der Waals surface area contributed by atoms with Crippen LogP contribution in [0.5, 0.6) is 5.75 Å². The minimum absolute atomic E-state index is 0.00321. The Morgan fingerprint density at radius 3 is 2.16 bits per heavy atom. The molecule has 0 radical (unpaired) electrons. The van der Waals surface area contributed by atoms with Crippen LogP contribution in [0.2, 0.25) is 0 Å². The third-order valence-electron chi connectivity index (χ3n) is 9.19. The molecule has 2 saturated carbocycles. The molecule has 37 heavy (non-hydrogen) atoms. The van der Waals surface area contributed by atoms with Crippen LogP contribution in [-0.2, 0) is 25.6 Å². The van der Waals surface area contributed by atoms with Crippen LogP contribution in [0.3, 0.4) is 0 Å². The lowest BCUT2D eigenvalue weighted by atomic mass is 9.39. The highest BCUT2D eigenvalue weighted by Gasteiger charge is 2.76. The highest BCUT2D eigenvalue weighted by Crippen LogP contribution is 2.64. The Bertz CT molecular complexity index is 1290. The van der Waals surface area contributed by atoms with Gasteiger partial charge in [-0.15, -0.1) is 0 Å². The van der Waals surface area contributed by atoms with Gasteiger partial charge < -0.3 is 10.2 Å². The van der Waals surface area contributed by atoms with Gasteiger partial charge in [0.1, 0.15) is 17.5 Å². The van der Waals surface area contributed by atoms with Crippen molar-refractivity contribution >= 4 is 35.2 Å². The van der Waals surface area contributed by atoms with E-state index in [0.717, 1.165) is 6.92 Å². The first kappa shape index (κ1) is 27.0. The number of hydrogen-bond acceptors (Lipinski definition) is 8. The van der Waals surface area contributed by atoms with Gasteiger partial charge in [0, 0.05) is 11.3 Å². The van der Waals surface area contributed by atoms with Gasteiger partial charge in [-0.3, -0.25) is 28.8 Å². The zero-order chi connectivity index (χ0) is 28.0. The lowest BCUT2D eigenvalue weighted by molar-refractivity contribution is -0.205. The number of phenols is 1. The summed E-state index contributed by atoms with van der Waals surface area (Å²) in [6, 6.07) is 1.55. The molecule has 0 saturated heterocycles. The molecule has 0 amide bonds. The molecule has 8 heteroatoms. The molecular formula is C29H34O8. The number of rotatable bonds is 4. The van der Waals surface area contributed by atoms with Crippen LogP contribution in [0, 0.1) is 34.5 Å². The number of aliphatic hydroxyl groups is 1. The van der Waals surface area contributed by atoms with Crippen molar-refractivity contribution < 1.29 is 39.0 Å². The minimum atomic E-state index is -2.73. The largest absolute Gasteiger partial charge is 0.506 e. The van der Waals surface area contributed by atoms with E-state index in [1.807, 2.05) is 13.8 Å². The van der Waals surface area contributed by atoms with E-state index in [0.29, 0.717) is 17.4 Å². The fraction of sp³-hybridized carbons (Fsp3) is 0.586. The topological polar surface area (TPSA) is 143 Å². The predicted molar refractivity (Wildman–Crippen MR) is 132 cm³/mol. The Kier molecular flexibility index (Phi) is 6.03. The first-order valence-corrected chi connectivity index (χ1v) is 12.7. The number of carbonyl (C=O) groups is 6. The highest BCUT2D eigenvalue weighted by molar-refractivity contribution is 6.32. The molecule has 1 aromatic rings. The molecule has 4 rings (SSSR count). The molecule has 3 unspecified atom stereocenters. The van der Waals surface area contributed by atoms with Gasteiger partial charge in [0.15, 0.2) is 35.0 Å². The molecule has 3 aliphatic rings. The summed E-state index contributed by atoms with van der Waals surface area (Å²) >= 11 is 0. The molecule has 1 aromatic carbocycles. The number of benzene rings is 1. The Labute approximate surface area is 215 Å². The molecule has 0 aliphatic heterocycles. The second-order valence-electron chi connectivity index (χ2n) is 12.4. The van der Waals surface area contributed by atoms with Gasteiger partial charge in [0.25, 0.3) is 0 Å². The molecule has 0 bridgehead atoms. The van der Waals surface area contributed by atoms with E-state index in [2.05, 4.69) is 0 Å². The smallest absolute Gasteiger partial charge is 0.190 e. The van der Waals surface area contributed by atoms with Crippen LogP contribution >= 0.6 is 0 Å². The number of aromatic hydroxyl groups is 1. The lowest BCUT2D eigenvalue weighted by Gasteiger charge is -2.62. The fourth-order valence-electron chi connectivity index (χ4n) is 7.86. The number of aldehydes is 1. The monoisotopic (exact) mass is 510 g/mol. The van der Waals surface area contributed by atoms with Crippen molar-refractivity contribution in [1.82, 2.24) is 0 Å². The fourth-order valence-corrected chi connectivity index (χ4v) is 7.86. The van der Waals surface area contributed by atoms with Gasteiger partial charge in [-0.1, -0.05) is 41.5 Å². The molecule has 2 N–H and O–H groups in total. The number of carbonyl (C=O) groups excluding carboxylic acids is 6. The number of ketones is 5. The van der Waals surface area contributed by atoms with Crippen molar-refractivity contribution in [3.05, 3.63) is 28.3 Å². The normalized spacial score (nSPS) is 35.4. The summed E-state index contributed by atoms with van der Waals surface area (Å²) in [5, 5.41) is 22.9. The summed E-state index contributed by atoms with van der Waals surface area (Å²) in [6.07, 6.45) is 0.604. The van der Waals surface area contributed by atoms with Crippen molar-refractivity contribution in [3.63, 3.8) is 0 Å². The number of Topliss-reactive ketones (excluding diaryl/α,β-unsaturated/α-hetero) is 5. The quantitative estimate of drug-likeness (QED) is 0.465. The van der Waals surface area contributed by atoms with Crippen LogP contribution in [0.1, 0.15) is 92.6 Å². The van der Waals surface area contributed by atoms with E-state index in [4.69, 9.17) is 0 Å². The first-order chi connectivity index (χ1) is 17.0. The van der Waals surface area contributed by atoms with Crippen molar-refractivity contribution in [3.8, 4) is 5.75 Å². The standard InChI is InChI=1S/C29H34O8/c1-12(2)16-8-15(10-30)22(32)19-17(16)9-27(6)11-28(7)20(13(3)4)23(33)18(14(5)31)25(35)29(28,37)26(36)21(27)24(19)34/h8,10,12-13,18,20-21,32,37H,9,11H2,1-7H3/t18?,20?,21?,27-,28-,29+/m1/s1. The SMILES string of the molecule is CC(=O)C1C(=O)C(C(C)C)[C@@]2(C)C[C@@]3(C)Cc4c(C(C)C)cc(C=O)c(O)c4C(=O)C3C(=O)[C@@]2(O)C1=O. The van der Waals surface area contributed by atoms with Gasteiger partial charge >= 0.3 is 0 Å². The van der Waals surface area contributed by atoms with E-state index < -0.39 is 74.8 Å². The Hall–Kier alpha value is -3.00. The lowest BCUT2D eigenvalue weighted by Crippen LogP contribution is -2.76. The molecule has 8 nitrogen and oxygen atoms in total. The van der Waals surface area contributed by atoms with Crippen LogP contribution < -0.4 is 0 Å². The summed E-state index contributed by atoms with van der Waals surface area (Å²) < 4.78 is 0. The van der Waals surface area contributed by atoms with Crippen molar-refractivity contribution in [2.45, 2.75) is 72.8 Å². The van der Waals surface area contributed by atoms with E-state index >= 15 is 0 Å². The zero-order valence-corrected chi connectivity index (χ0v) is 22.3. The Morgan fingerprint density at radius 2 is 1.68 bits per heavy atom. The molecule has 198 valence electrons. The molecule has 0 heterocycles. The number of fused-ring (bicyclic) bond motifs is 3. The van der Waals surface area contributed by atoms with Gasteiger partial charge in [0.2, 0.25) is 0 Å². The molecule has 3 aliphatic carbocycles. The summed E-state index contributed by atoms with van der Waals surface area (Å²) in [6.45, 7) is 11.6. The molecule has 2 fully saturated rings. The maximum absolute atomic E-state index is 14.2. The van der Waals surface area contributed by atoms with Gasteiger partial charge in [-0.2, -0.15) is 0 Å². The minimum Gasteiger partial charge on any atom is -0.506 e. The van der Waals surface area contributed by atoms with Crippen molar-refractivity contribution in [2.24, 2.45) is 34.5 Å². The second-order valence-corrected chi connectivity index (χ2v) is 12.4. The van der Waals surface area contributed by atoms with Crippen molar-refractivity contribution in [2.75, 3.05) is 0 Å². The molecule has 0 spiro atoms. The van der Waals surface area contributed by atoms with E-state index in [1.54, 1.807) is 33.8 Å². The first-order valence-electron chi connectivity index (χ1n) is 12.7. The predicted octanol–water partition coefficient (Wildman–Crippen LogP) is 3.03. The van der Waals surface area contributed by atoms with Gasteiger partial charge in [-0.05, 0) is 54.2 Å². The van der Waals surface area contributed by atoms with Crippen LogP contribution in [0.15, 0.2) is 6.07 Å². The summed E-state index contributed by atoms with van der Waals surface area (Å²) in [7, 11) is 0. The van der Waals surface area contributed by atoms with Crippen molar-refractivity contribution in [1.29, 1.82) is 0 Å². The molecular weight excluding hydrogens is 476 g/mol. The summed E-state index contributed by atoms with van der Waals surface area (Å²) in [4.78, 5) is 79.5. The Morgan fingerprint density at radius 1 is 1.08 bits per heavy atom. The average Bonchev–Trinajstić information content (AvgIpc) is 2.75. The third-order valence-corrected chi connectivity index (χ3v) is 9.19. The summed E-state index contributed by atoms with van der Waals surface area (Å²) in [5.74, 6) is -9.64. The van der Waals surface area contributed by atoms with Gasteiger partial charge in [-0.25, -0.2) is 0 Å². The van der Waals surface area contributed by atoms with E-state index in [1.165, 1.54) is 0 Å². The summed E-state index contributed by atoms with van der Waals surface area (Å²) in [5.41, 5.74) is -4.38. The molecule has 6 atom stereocenters. The van der Waals surface area contributed by atoms with Crippen LogP contribution in [0.4, 0.5) is 0 Å². The highest BCUT2D eigenvalue weighted by atomic mass is 16.3. The maximum atomic E-state index is 14.2. The van der Waals surface area contributed by atoms with E-state index in [-0.39, 0.29) is 29.9 Å².